The highest BCUT2D eigenvalue weighted by Crippen LogP contribution is 2.12. The van der Waals surface area contributed by atoms with Crippen LogP contribution in [0, 0.1) is 0 Å². The van der Waals surface area contributed by atoms with E-state index in [9.17, 15) is 0 Å². The predicted octanol–water partition coefficient (Wildman–Crippen LogP) is 7.13. The van der Waals surface area contributed by atoms with Crippen LogP contribution in [0.15, 0.2) is 0 Å². The predicted molar refractivity (Wildman–Crippen MR) is 171 cm³/mol. The van der Waals surface area contributed by atoms with Crippen molar-refractivity contribution in [3.8, 4) is 0 Å². The van der Waals surface area contributed by atoms with Crippen LogP contribution in [0.1, 0.15) is 125 Å². The Morgan fingerprint density at radius 3 is 1.19 bits per heavy atom. The molecular formula is C34H70O8. The lowest BCUT2D eigenvalue weighted by Crippen LogP contribution is -2.29. The molecule has 0 saturated carbocycles. The van der Waals surface area contributed by atoms with E-state index < -0.39 is 0 Å². The molecule has 0 spiro atoms. The average Bonchev–Trinajstić information content (AvgIpc) is 2.98. The van der Waals surface area contributed by atoms with E-state index in [1.165, 1.54) is 77.0 Å². The molecule has 5 atom stereocenters. The van der Waals surface area contributed by atoms with Crippen molar-refractivity contribution in [2.24, 2.45) is 0 Å². The molecule has 0 heterocycles. The van der Waals surface area contributed by atoms with E-state index >= 15 is 0 Å². The minimum atomic E-state index is -0.0366. The first-order chi connectivity index (χ1) is 20.4. The van der Waals surface area contributed by atoms with E-state index in [1.807, 2.05) is 27.7 Å². The second-order valence-electron chi connectivity index (χ2n) is 11.9. The van der Waals surface area contributed by atoms with Crippen molar-refractivity contribution in [2.75, 3.05) is 66.1 Å². The summed E-state index contributed by atoms with van der Waals surface area (Å²) in [5.41, 5.74) is 0. The largest absolute Gasteiger partial charge is 0.394 e. The number of aliphatic hydroxyl groups is 1. The maximum Gasteiger partial charge on any atom is 0.0781 e. The van der Waals surface area contributed by atoms with Crippen molar-refractivity contribution in [3.05, 3.63) is 0 Å². The van der Waals surface area contributed by atoms with Crippen molar-refractivity contribution in [1.82, 2.24) is 0 Å². The average molecular weight is 607 g/mol. The van der Waals surface area contributed by atoms with Gasteiger partial charge in [0.25, 0.3) is 0 Å². The summed E-state index contributed by atoms with van der Waals surface area (Å²) in [5.74, 6) is 0. The molecule has 0 aromatic carbocycles. The van der Waals surface area contributed by atoms with Gasteiger partial charge >= 0.3 is 0 Å². The summed E-state index contributed by atoms with van der Waals surface area (Å²) >= 11 is 0. The second-order valence-corrected chi connectivity index (χ2v) is 11.9. The highest BCUT2D eigenvalue weighted by Gasteiger charge is 2.13. The Kier molecular flexibility index (Phi) is 31.8. The fraction of sp³-hybridized carbons (Fsp3) is 1.00. The Hall–Kier alpha value is -0.320. The van der Waals surface area contributed by atoms with Gasteiger partial charge in [-0.15, -0.1) is 0 Å². The summed E-state index contributed by atoms with van der Waals surface area (Å²) in [7, 11) is 0. The Balaban J connectivity index is 3.54. The molecule has 1 N–H and O–H groups in total. The first-order valence-corrected chi connectivity index (χ1v) is 17.2. The lowest BCUT2D eigenvalue weighted by Gasteiger charge is -2.22. The first kappa shape index (κ1) is 41.7. The molecule has 8 nitrogen and oxygen atoms in total. The summed E-state index contributed by atoms with van der Waals surface area (Å²) in [6.45, 7) is 17.1. The Morgan fingerprint density at radius 1 is 0.381 bits per heavy atom. The zero-order valence-corrected chi connectivity index (χ0v) is 28.5. The van der Waals surface area contributed by atoms with Crippen LogP contribution in [0.25, 0.3) is 0 Å². The minimum Gasteiger partial charge on any atom is -0.394 e. The van der Waals surface area contributed by atoms with Crippen molar-refractivity contribution >= 4 is 0 Å². The number of rotatable bonds is 34. The molecule has 0 radical (unpaired) electrons. The van der Waals surface area contributed by atoms with Crippen molar-refractivity contribution < 1.29 is 38.3 Å². The van der Waals surface area contributed by atoms with Gasteiger partial charge in [-0.1, -0.05) is 84.0 Å². The van der Waals surface area contributed by atoms with Crippen LogP contribution in [0.5, 0.6) is 0 Å². The molecule has 0 fully saturated rings. The van der Waals surface area contributed by atoms with E-state index in [0.29, 0.717) is 52.9 Å². The molecule has 0 rings (SSSR count). The van der Waals surface area contributed by atoms with Gasteiger partial charge in [0.2, 0.25) is 0 Å². The second kappa shape index (κ2) is 32.1. The van der Waals surface area contributed by atoms with Gasteiger partial charge in [-0.05, 0) is 41.0 Å². The fourth-order valence-electron chi connectivity index (χ4n) is 4.39. The highest BCUT2D eigenvalue weighted by atomic mass is 16.6. The molecule has 42 heavy (non-hydrogen) atoms. The molecule has 8 heteroatoms. The zero-order chi connectivity index (χ0) is 31.1. The van der Waals surface area contributed by atoms with Crippen LogP contribution in [0.2, 0.25) is 0 Å². The fourth-order valence-corrected chi connectivity index (χ4v) is 4.39. The van der Waals surface area contributed by atoms with E-state index in [-0.39, 0.29) is 37.1 Å². The smallest absolute Gasteiger partial charge is 0.0781 e. The summed E-state index contributed by atoms with van der Waals surface area (Å²) in [5, 5.41) is 8.69. The van der Waals surface area contributed by atoms with Gasteiger partial charge in [-0.2, -0.15) is 0 Å². The van der Waals surface area contributed by atoms with Crippen molar-refractivity contribution in [2.45, 2.75) is 156 Å². The van der Waals surface area contributed by atoms with Crippen LogP contribution in [-0.4, -0.2) is 102 Å². The molecule has 0 aliphatic rings. The maximum atomic E-state index is 8.69. The van der Waals surface area contributed by atoms with Crippen molar-refractivity contribution in [3.63, 3.8) is 0 Å². The SMILES string of the molecule is CCCCCCCCCCCCCCCOCC(C)OCC(C)OCC(C)OCC(C)OCC(C)OCCOCCO. The standard InChI is InChI=1S/C34H70O8/c1-7-8-9-10-11-12-13-14-15-16-17-18-19-21-37-25-30(2)39-27-32(4)41-29-34(6)42-28-33(5)40-26-31(3)38-24-23-36-22-20-35/h30-35H,7-29H2,1-6H3. The number of hydrogen-bond donors (Lipinski definition) is 1. The van der Waals surface area contributed by atoms with Crippen LogP contribution in [0.4, 0.5) is 0 Å². The lowest BCUT2D eigenvalue weighted by atomic mass is 10.0. The van der Waals surface area contributed by atoms with Crippen LogP contribution < -0.4 is 0 Å². The molecular weight excluding hydrogens is 536 g/mol. The molecule has 0 bridgehead atoms. The molecule has 5 unspecified atom stereocenters. The van der Waals surface area contributed by atoms with E-state index in [1.54, 1.807) is 0 Å². The molecule has 0 aliphatic heterocycles. The minimum absolute atomic E-state index is 0.00686. The third kappa shape index (κ3) is 31.1. The molecule has 0 saturated heterocycles. The normalized spacial score (nSPS) is 15.5. The van der Waals surface area contributed by atoms with Crippen LogP contribution >= 0.6 is 0 Å². The Morgan fingerprint density at radius 2 is 0.762 bits per heavy atom. The van der Waals surface area contributed by atoms with E-state index in [4.69, 9.17) is 38.3 Å². The van der Waals surface area contributed by atoms with Crippen LogP contribution in [0.3, 0.4) is 0 Å². The molecule has 0 aromatic rings. The summed E-state index contributed by atoms with van der Waals surface area (Å²) in [6, 6.07) is 0. The lowest BCUT2D eigenvalue weighted by molar-refractivity contribution is -0.101. The van der Waals surface area contributed by atoms with E-state index in [0.717, 1.165) is 13.0 Å². The third-order valence-electron chi connectivity index (χ3n) is 7.07. The topological polar surface area (TPSA) is 84.8 Å². The zero-order valence-electron chi connectivity index (χ0n) is 28.5. The number of aliphatic hydroxyl groups excluding tert-OH is 1. The molecule has 254 valence electrons. The molecule has 0 amide bonds. The van der Waals surface area contributed by atoms with Gasteiger partial charge in [-0.25, -0.2) is 0 Å². The van der Waals surface area contributed by atoms with Gasteiger partial charge in [-0.3, -0.25) is 0 Å². The van der Waals surface area contributed by atoms with Gasteiger partial charge in [0.1, 0.15) is 0 Å². The first-order valence-electron chi connectivity index (χ1n) is 17.2. The monoisotopic (exact) mass is 607 g/mol. The molecule has 0 aliphatic carbocycles. The quantitative estimate of drug-likeness (QED) is 0.0775. The maximum absolute atomic E-state index is 8.69. The van der Waals surface area contributed by atoms with Gasteiger partial charge in [0.15, 0.2) is 0 Å². The summed E-state index contributed by atoms with van der Waals surface area (Å²) in [6.07, 6.45) is 17.7. The Bertz CT molecular complexity index is 524. The molecule has 0 aromatic heterocycles. The Labute approximate surface area is 259 Å². The summed E-state index contributed by atoms with van der Waals surface area (Å²) in [4.78, 5) is 0. The van der Waals surface area contributed by atoms with Crippen molar-refractivity contribution in [1.29, 1.82) is 0 Å². The van der Waals surface area contributed by atoms with Crippen LogP contribution in [-0.2, 0) is 33.2 Å². The number of unbranched alkanes of at least 4 members (excludes halogenated alkanes) is 12. The van der Waals surface area contributed by atoms with Gasteiger partial charge < -0.3 is 38.3 Å². The van der Waals surface area contributed by atoms with Gasteiger partial charge in [0.05, 0.1) is 90.0 Å². The summed E-state index contributed by atoms with van der Waals surface area (Å²) < 4.78 is 40.1. The number of ether oxygens (including phenoxy) is 7. The van der Waals surface area contributed by atoms with Gasteiger partial charge in [0, 0.05) is 6.61 Å². The highest BCUT2D eigenvalue weighted by molar-refractivity contribution is 4.58. The van der Waals surface area contributed by atoms with E-state index in [2.05, 4.69) is 13.8 Å². The number of hydrogen-bond acceptors (Lipinski definition) is 8. The third-order valence-corrected chi connectivity index (χ3v) is 7.07.